The van der Waals surface area contributed by atoms with Crippen LogP contribution in [0.15, 0.2) is 40.9 Å². The number of carbonyl (C=O) groups excluding carboxylic acids is 1. The van der Waals surface area contributed by atoms with Crippen molar-refractivity contribution in [2.45, 2.75) is 31.7 Å². The number of amides is 1. The summed E-state index contributed by atoms with van der Waals surface area (Å²) in [5.74, 6) is 0.763. The Hall–Kier alpha value is -1.55. The minimum Gasteiger partial charge on any atom is -0.483 e. The van der Waals surface area contributed by atoms with Crippen molar-refractivity contribution >= 4 is 32.6 Å². The van der Waals surface area contributed by atoms with Crippen molar-refractivity contribution in [1.82, 2.24) is 4.90 Å². The third kappa shape index (κ3) is 3.12. The van der Waals surface area contributed by atoms with E-state index >= 15 is 0 Å². The summed E-state index contributed by atoms with van der Waals surface area (Å²) in [6, 6.07) is 12.4. The van der Waals surface area contributed by atoms with Gasteiger partial charge in [0, 0.05) is 13.1 Å². The van der Waals surface area contributed by atoms with Crippen molar-refractivity contribution in [2.24, 2.45) is 0 Å². The standard InChI is InChI=1S/C18H20BrNO2/c1-20(14-7-3-4-8-14)17(21)12-22-16-11-10-13-6-2-5-9-15(13)18(16)19/h2,5-6,9-11,14H,3-4,7-8,12H2,1H3. The summed E-state index contributed by atoms with van der Waals surface area (Å²) >= 11 is 3.59. The first-order valence-electron chi connectivity index (χ1n) is 7.72. The van der Waals surface area contributed by atoms with Crippen LogP contribution in [-0.4, -0.2) is 30.5 Å². The second kappa shape index (κ2) is 6.69. The molecule has 22 heavy (non-hydrogen) atoms. The van der Waals surface area contributed by atoms with E-state index in [1.165, 1.54) is 12.8 Å². The molecule has 1 fully saturated rings. The van der Waals surface area contributed by atoms with Crippen LogP contribution in [0.2, 0.25) is 0 Å². The topological polar surface area (TPSA) is 29.5 Å². The predicted octanol–water partition coefficient (Wildman–Crippen LogP) is 4.38. The van der Waals surface area contributed by atoms with Crippen molar-refractivity contribution in [1.29, 1.82) is 0 Å². The van der Waals surface area contributed by atoms with Crippen LogP contribution < -0.4 is 4.74 Å². The largest absolute Gasteiger partial charge is 0.483 e. The summed E-state index contributed by atoms with van der Waals surface area (Å²) in [7, 11) is 1.89. The molecule has 1 amide bonds. The molecule has 0 atom stereocenters. The average molecular weight is 362 g/mol. The van der Waals surface area contributed by atoms with Crippen LogP contribution >= 0.6 is 15.9 Å². The number of fused-ring (bicyclic) bond motifs is 1. The monoisotopic (exact) mass is 361 g/mol. The lowest BCUT2D eigenvalue weighted by Crippen LogP contribution is -2.38. The van der Waals surface area contributed by atoms with Gasteiger partial charge in [-0.2, -0.15) is 0 Å². The molecule has 1 aliphatic rings. The lowest BCUT2D eigenvalue weighted by Gasteiger charge is -2.24. The number of nitrogens with zero attached hydrogens (tertiary/aromatic N) is 1. The van der Waals surface area contributed by atoms with Crippen LogP contribution in [0.25, 0.3) is 10.8 Å². The molecule has 0 heterocycles. The zero-order valence-electron chi connectivity index (χ0n) is 12.7. The zero-order valence-corrected chi connectivity index (χ0v) is 14.3. The average Bonchev–Trinajstić information content (AvgIpc) is 3.08. The molecule has 3 nitrogen and oxygen atoms in total. The molecule has 0 spiro atoms. The molecule has 3 rings (SSSR count). The van der Waals surface area contributed by atoms with Gasteiger partial charge in [-0.15, -0.1) is 0 Å². The van der Waals surface area contributed by atoms with Crippen LogP contribution in [-0.2, 0) is 4.79 Å². The highest BCUT2D eigenvalue weighted by Gasteiger charge is 2.23. The summed E-state index contributed by atoms with van der Waals surface area (Å²) in [5, 5.41) is 2.24. The highest BCUT2D eigenvalue weighted by molar-refractivity contribution is 9.10. The first-order valence-corrected chi connectivity index (χ1v) is 8.52. The Balaban J connectivity index is 1.68. The van der Waals surface area contributed by atoms with E-state index in [2.05, 4.69) is 22.0 Å². The second-order valence-corrected chi connectivity index (χ2v) is 6.62. The molecule has 1 saturated carbocycles. The number of hydrogen-bond acceptors (Lipinski definition) is 2. The SMILES string of the molecule is CN(C(=O)COc1ccc2ccccc2c1Br)C1CCCC1. The Morgan fingerprint density at radius 1 is 1.23 bits per heavy atom. The molecule has 2 aromatic carbocycles. The second-order valence-electron chi connectivity index (χ2n) is 5.83. The number of carbonyl (C=O) groups is 1. The molecule has 0 saturated heterocycles. The maximum Gasteiger partial charge on any atom is 0.260 e. The number of likely N-dealkylation sites (N-methyl/N-ethyl adjacent to an activating group) is 1. The Labute approximate surface area is 139 Å². The molecular formula is C18H20BrNO2. The Morgan fingerprint density at radius 2 is 1.95 bits per heavy atom. The minimum absolute atomic E-state index is 0.0481. The molecule has 0 N–H and O–H groups in total. The number of hydrogen-bond donors (Lipinski definition) is 0. The van der Waals surface area contributed by atoms with Crippen LogP contribution in [0.4, 0.5) is 0 Å². The number of benzene rings is 2. The van der Waals surface area contributed by atoms with Crippen molar-refractivity contribution in [3.8, 4) is 5.75 Å². The summed E-state index contributed by atoms with van der Waals surface area (Å²) in [4.78, 5) is 14.1. The number of ether oxygens (including phenoxy) is 1. The lowest BCUT2D eigenvalue weighted by atomic mass is 10.1. The predicted molar refractivity (Wildman–Crippen MR) is 92.2 cm³/mol. The van der Waals surface area contributed by atoms with Crippen LogP contribution in [0, 0.1) is 0 Å². The fourth-order valence-electron chi connectivity index (χ4n) is 3.06. The van der Waals surface area contributed by atoms with E-state index in [9.17, 15) is 4.79 Å². The van der Waals surface area contributed by atoms with Gasteiger partial charge < -0.3 is 9.64 Å². The van der Waals surface area contributed by atoms with E-state index in [0.29, 0.717) is 11.8 Å². The van der Waals surface area contributed by atoms with Gasteiger partial charge in [0.15, 0.2) is 6.61 Å². The van der Waals surface area contributed by atoms with E-state index in [0.717, 1.165) is 28.1 Å². The summed E-state index contributed by atoms with van der Waals surface area (Å²) in [6.45, 7) is 0.0872. The summed E-state index contributed by atoms with van der Waals surface area (Å²) < 4.78 is 6.65. The van der Waals surface area contributed by atoms with Gasteiger partial charge in [0.05, 0.1) is 4.47 Å². The van der Waals surface area contributed by atoms with Gasteiger partial charge >= 0.3 is 0 Å². The van der Waals surface area contributed by atoms with Crippen LogP contribution in [0.3, 0.4) is 0 Å². The molecule has 2 aromatic rings. The highest BCUT2D eigenvalue weighted by Crippen LogP contribution is 2.33. The van der Waals surface area contributed by atoms with E-state index in [1.807, 2.05) is 42.3 Å². The molecule has 0 aliphatic heterocycles. The number of halogens is 1. The van der Waals surface area contributed by atoms with Gasteiger partial charge in [0.2, 0.25) is 0 Å². The lowest BCUT2D eigenvalue weighted by molar-refractivity contribution is -0.134. The fourth-order valence-corrected chi connectivity index (χ4v) is 3.67. The third-order valence-corrected chi connectivity index (χ3v) is 5.26. The molecular weight excluding hydrogens is 342 g/mol. The van der Waals surface area contributed by atoms with E-state index in [4.69, 9.17) is 4.74 Å². The quantitative estimate of drug-likeness (QED) is 0.808. The van der Waals surface area contributed by atoms with Gasteiger partial charge in [0.25, 0.3) is 5.91 Å². The molecule has 1 aliphatic carbocycles. The van der Waals surface area contributed by atoms with E-state index in [-0.39, 0.29) is 12.5 Å². The maximum absolute atomic E-state index is 12.3. The van der Waals surface area contributed by atoms with Crippen molar-refractivity contribution in [3.05, 3.63) is 40.9 Å². The molecule has 4 heteroatoms. The Morgan fingerprint density at radius 3 is 2.73 bits per heavy atom. The first-order chi connectivity index (χ1) is 10.7. The molecule has 116 valence electrons. The van der Waals surface area contributed by atoms with E-state index in [1.54, 1.807) is 0 Å². The summed E-state index contributed by atoms with van der Waals surface area (Å²) in [6.07, 6.45) is 4.67. The van der Waals surface area contributed by atoms with Gasteiger partial charge in [0.1, 0.15) is 5.75 Å². The Kier molecular flexibility index (Phi) is 4.67. The summed E-state index contributed by atoms with van der Waals surface area (Å²) in [5.41, 5.74) is 0. The van der Waals surface area contributed by atoms with Gasteiger partial charge in [-0.3, -0.25) is 4.79 Å². The van der Waals surface area contributed by atoms with Crippen LogP contribution in [0.1, 0.15) is 25.7 Å². The molecule has 0 unspecified atom stereocenters. The molecule has 0 aromatic heterocycles. The van der Waals surface area contributed by atoms with Crippen molar-refractivity contribution in [2.75, 3.05) is 13.7 Å². The Bertz CT molecular complexity index is 680. The first kappa shape index (κ1) is 15.3. The zero-order chi connectivity index (χ0) is 15.5. The minimum atomic E-state index is 0.0481. The van der Waals surface area contributed by atoms with Gasteiger partial charge in [-0.05, 0) is 45.6 Å². The van der Waals surface area contributed by atoms with E-state index < -0.39 is 0 Å². The fraction of sp³-hybridized carbons (Fsp3) is 0.389. The highest BCUT2D eigenvalue weighted by atomic mass is 79.9. The van der Waals surface area contributed by atoms with Gasteiger partial charge in [-0.25, -0.2) is 0 Å². The van der Waals surface area contributed by atoms with Gasteiger partial charge in [-0.1, -0.05) is 43.2 Å². The van der Waals surface area contributed by atoms with Crippen molar-refractivity contribution in [3.63, 3.8) is 0 Å². The molecule has 0 bridgehead atoms. The number of rotatable bonds is 4. The van der Waals surface area contributed by atoms with Crippen LogP contribution in [0.5, 0.6) is 5.75 Å². The van der Waals surface area contributed by atoms with Crippen molar-refractivity contribution < 1.29 is 9.53 Å². The normalized spacial score (nSPS) is 15.2. The maximum atomic E-state index is 12.3. The third-order valence-electron chi connectivity index (χ3n) is 4.44. The smallest absolute Gasteiger partial charge is 0.260 e. The molecule has 0 radical (unpaired) electrons.